The van der Waals surface area contributed by atoms with Crippen LogP contribution in [0.2, 0.25) is 0 Å². The highest BCUT2D eigenvalue weighted by atomic mass is 16.3. The van der Waals surface area contributed by atoms with Crippen molar-refractivity contribution in [3.05, 3.63) is 23.8 Å². The molecule has 0 aromatic carbocycles. The molecule has 0 aliphatic heterocycles. The van der Waals surface area contributed by atoms with Crippen molar-refractivity contribution in [2.24, 2.45) is 0 Å². The van der Waals surface area contributed by atoms with Crippen LogP contribution in [-0.2, 0) is 12.0 Å². The quantitative estimate of drug-likeness (QED) is 0.719. The van der Waals surface area contributed by atoms with Crippen molar-refractivity contribution in [3.63, 3.8) is 0 Å². The van der Waals surface area contributed by atoms with Gasteiger partial charge in [0.25, 0.3) is 0 Å². The first-order chi connectivity index (χ1) is 5.54. The largest absolute Gasteiger partial charge is 0.382 e. The topological polar surface area (TPSA) is 46.0 Å². The van der Waals surface area contributed by atoms with Gasteiger partial charge in [0.05, 0.1) is 0 Å². The molecule has 3 nitrogen and oxygen atoms in total. The Morgan fingerprint density at radius 1 is 1.33 bits per heavy atom. The van der Waals surface area contributed by atoms with Crippen LogP contribution in [0.4, 0.5) is 0 Å². The van der Waals surface area contributed by atoms with E-state index in [9.17, 15) is 5.11 Å². The second-order valence-electron chi connectivity index (χ2n) is 3.33. The molecule has 0 unspecified atom stereocenters. The number of aryl methyl sites for hydroxylation is 1. The highest BCUT2D eigenvalue weighted by molar-refractivity contribution is 5.07. The second-order valence-corrected chi connectivity index (χ2v) is 3.33. The molecule has 66 valence electrons. The molecule has 0 saturated carbocycles. The number of rotatable bonds is 2. The normalized spacial score (nSPS) is 11.7. The van der Waals surface area contributed by atoms with Crippen LogP contribution in [0.3, 0.4) is 0 Å². The Labute approximate surface area is 72.5 Å². The van der Waals surface area contributed by atoms with Gasteiger partial charge in [-0.2, -0.15) is 0 Å². The summed E-state index contributed by atoms with van der Waals surface area (Å²) in [5.41, 5.74) is 0.148. The summed E-state index contributed by atoms with van der Waals surface area (Å²) < 4.78 is 0. The smallest absolute Gasteiger partial charge is 0.159 e. The third-order valence-corrected chi connectivity index (χ3v) is 1.66. The lowest BCUT2D eigenvalue weighted by atomic mass is 10.1. The molecule has 3 heteroatoms. The van der Waals surface area contributed by atoms with Crippen molar-refractivity contribution < 1.29 is 5.11 Å². The third kappa shape index (κ3) is 2.01. The molecule has 1 aromatic heterocycles. The molecule has 0 atom stereocenters. The molecular weight excluding hydrogens is 152 g/mol. The maximum atomic E-state index is 9.53. The van der Waals surface area contributed by atoms with Gasteiger partial charge in [-0.3, -0.25) is 0 Å². The number of hydrogen-bond donors (Lipinski definition) is 1. The molecule has 0 aliphatic carbocycles. The third-order valence-electron chi connectivity index (χ3n) is 1.66. The minimum Gasteiger partial charge on any atom is -0.382 e. The van der Waals surface area contributed by atoms with Crippen LogP contribution in [0.5, 0.6) is 0 Å². The van der Waals surface area contributed by atoms with Crippen molar-refractivity contribution in [1.29, 1.82) is 0 Å². The standard InChI is InChI=1S/C9H14N2O/c1-4-7-5-10-8(11-6-7)9(2,3)12/h5-6,12H,4H2,1-3H3. The van der Waals surface area contributed by atoms with Crippen LogP contribution in [0, 0.1) is 0 Å². The minimum absolute atomic E-state index is 0.472. The van der Waals surface area contributed by atoms with Gasteiger partial charge >= 0.3 is 0 Å². The molecular formula is C9H14N2O. The first kappa shape index (κ1) is 9.13. The van der Waals surface area contributed by atoms with Crippen molar-refractivity contribution in [1.82, 2.24) is 9.97 Å². The Bertz CT molecular complexity index is 248. The van der Waals surface area contributed by atoms with E-state index in [2.05, 4.69) is 9.97 Å². The van der Waals surface area contributed by atoms with E-state index in [1.165, 1.54) is 0 Å². The minimum atomic E-state index is -0.938. The van der Waals surface area contributed by atoms with Crippen LogP contribution in [0.25, 0.3) is 0 Å². The summed E-state index contributed by atoms with van der Waals surface area (Å²) in [5, 5.41) is 9.53. The molecule has 0 fully saturated rings. The summed E-state index contributed by atoms with van der Waals surface area (Å²) in [6.45, 7) is 5.39. The summed E-state index contributed by atoms with van der Waals surface area (Å²) in [5.74, 6) is 0.472. The monoisotopic (exact) mass is 166 g/mol. The summed E-state index contributed by atoms with van der Waals surface area (Å²) in [6, 6.07) is 0. The van der Waals surface area contributed by atoms with Crippen molar-refractivity contribution >= 4 is 0 Å². The predicted molar refractivity (Wildman–Crippen MR) is 46.7 cm³/mol. The van der Waals surface area contributed by atoms with Gasteiger partial charge in [-0.25, -0.2) is 9.97 Å². The van der Waals surface area contributed by atoms with Crippen LogP contribution in [0.15, 0.2) is 12.4 Å². The maximum absolute atomic E-state index is 9.53. The Morgan fingerprint density at radius 2 is 1.83 bits per heavy atom. The van der Waals surface area contributed by atoms with Crippen molar-refractivity contribution in [3.8, 4) is 0 Å². The van der Waals surface area contributed by atoms with Gasteiger partial charge < -0.3 is 5.11 Å². The first-order valence-corrected chi connectivity index (χ1v) is 4.08. The highest BCUT2D eigenvalue weighted by Crippen LogP contribution is 2.13. The van der Waals surface area contributed by atoms with Crippen LogP contribution < -0.4 is 0 Å². The molecule has 0 amide bonds. The predicted octanol–water partition coefficient (Wildman–Crippen LogP) is 1.27. The second kappa shape index (κ2) is 3.19. The Hall–Kier alpha value is -0.960. The zero-order chi connectivity index (χ0) is 9.19. The van der Waals surface area contributed by atoms with E-state index >= 15 is 0 Å². The van der Waals surface area contributed by atoms with E-state index in [0.29, 0.717) is 5.82 Å². The maximum Gasteiger partial charge on any atom is 0.159 e. The lowest BCUT2D eigenvalue weighted by Crippen LogP contribution is -2.19. The van der Waals surface area contributed by atoms with Gasteiger partial charge in [-0.05, 0) is 25.8 Å². The highest BCUT2D eigenvalue weighted by Gasteiger charge is 2.18. The van der Waals surface area contributed by atoms with Crippen molar-refractivity contribution in [2.75, 3.05) is 0 Å². The molecule has 12 heavy (non-hydrogen) atoms. The molecule has 0 spiro atoms. The van der Waals surface area contributed by atoms with E-state index < -0.39 is 5.60 Å². The first-order valence-electron chi connectivity index (χ1n) is 4.08. The molecule has 0 aliphatic rings. The van der Waals surface area contributed by atoms with Gasteiger partial charge in [0.1, 0.15) is 5.60 Å². The van der Waals surface area contributed by atoms with Gasteiger partial charge in [-0.15, -0.1) is 0 Å². The van der Waals surface area contributed by atoms with E-state index in [1.807, 2.05) is 6.92 Å². The summed E-state index contributed by atoms with van der Waals surface area (Å²) in [4.78, 5) is 8.12. The Kier molecular flexibility index (Phi) is 2.43. The van der Waals surface area contributed by atoms with Crippen molar-refractivity contribution in [2.45, 2.75) is 32.8 Å². The Balaban J connectivity index is 2.93. The van der Waals surface area contributed by atoms with Gasteiger partial charge in [0.2, 0.25) is 0 Å². The van der Waals surface area contributed by atoms with Crippen LogP contribution in [-0.4, -0.2) is 15.1 Å². The summed E-state index contributed by atoms with van der Waals surface area (Å²) >= 11 is 0. The number of hydrogen-bond acceptors (Lipinski definition) is 3. The fraction of sp³-hybridized carbons (Fsp3) is 0.556. The number of aliphatic hydroxyl groups is 1. The molecule has 0 saturated heterocycles. The number of aromatic nitrogens is 2. The van der Waals surface area contributed by atoms with Gasteiger partial charge in [0, 0.05) is 12.4 Å². The molecule has 1 aromatic rings. The molecule has 1 N–H and O–H groups in total. The SMILES string of the molecule is CCc1cnc(C(C)(C)O)nc1. The lowest BCUT2D eigenvalue weighted by molar-refractivity contribution is 0.0686. The fourth-order valence-electron chi connectivity index (χ4n) is 0.853. The average Bonchev–Trinajstić information content (AvgIpc) is 2.03. The average molecular weight is 166 g/mol. The van der Waals surface area contributed by atoms with Gasteiger partial charge in [-0.1, -0.05) is 6.92 Å². The fourth-order valence-corrected chi connectivity index (χ4v) is 0.853. The molecule has 1 rings (SSSR count). The van der Waals surface area contributed by atoms with Gasteiger partial charge in [0.15, 0.2) is 5.82 Å². The summed E-state index contributed by atoms with van der Waals surface area (Å²) in [6.07, 6.45) is 4.42. The zero-order valence-corrected chi connectivity index (χ0v) is 7.70. The van der Waals surface area contributed by atoms with E-state index in [4.69, 9.17) is 0 Å². The van der Waals surface area contributed by atoms with Crippen LogP contribution in [0.1, 0.15) is 32.2 Å². The van der Waals surface area contributed by atoms with E-state index in [0.717, 1.165) is 12.0 Å². The lowest BCUT2D eigenvalue weighted by Gasteiger charge is -2.14. The Morgan fingerprint density at radius 3 is 2.17 bits per heavy atom. The molecule has 0 bridgehead atoms. The molecule has 0 radical (unpaired) electrons. The van der Waals surface area contributed by atoms with E-state index in [-0.39, 0.29) is 0 Å². The van der Waals surface area contributed by atoms with Crippen LogP contribution >= 0.6 is 0 Å². The summed E-state index contributed by atoms with van der Waals surface area (Å²) in [7, 11) is 0. The molecule has 1 heterocycles. The number of nitrogens with zero attached hydrogens (tertiary/aromatic N) is 2. The van der Waals surface area contributed by atoms with E-state index in [1.54, 1.807) is 26.2 Å². The zero-order valence-electron chi connectivity index (χ0n) is 7.70.